The monoisotopic (exact) mass is 111 g/mol. The molecule has 0 aromatic rings. The highest BCUT2D eigenvalue weighted by Crippen LogP contribution is 1.71. The SMILES string of the molecule is CCOCl.CN. The maximum absolute atomic E-state index is 4.69. The molecule has 0 spiro atoms. The molecule has 0 aliphatic heterocycles. The van der Waals surface area contributed by atoms with Gasteiger partial charge in [0.2, 0.25) is 0 Å². The molecule has 0 saturated carbocycles. The molecular weight excluding hydrogens is 101 g/mol. The Morgan fingerprint density at radius 3 is 1.83 bits per heavy atom. The van der Waals surface area contributed by atoms with Crippen LogP contribution in [0.3, 0.4) is 0 Å². The molecule has 0 radical (unpaired) electrons. The first-order valence-electron chi connectivity index (χ1n) is 1.73. The van der Waals surface area contributed by atoms with Crippen LogP contribution in [0, 0.1) is 0 Å². The van der Waals surface area contributed by atoms with Crippen molar-refractivity contribution in [1.82, 2.24) is 0 Å². The van der Waals surface area contributed by atoms with Crippen LogP contribution in [0.2, 0.25) is 0 Å². The molecule has 0 fully saturated rings. The molecule has 40 valence electrons. The van der Waals surface area contributed by atoms with Crippen molar-refractivity contribution in [1.29, 1.82) is 0 Å². The van der Waals surface area contributed by atoms with E-state index in [4.69, 9.17) is 0 Å². The average Bonchev–Trinajstić information content (AvgIpc) is 1.72. The third kappa shape index (κ3) is 29.6. The molecule has 0 aromatic heterocycles. The van der Waals surface area contributed by atoms with E-state index < -0.39 is 0 Å². The summed E-state index contributed by atoms with van der Waals surface area (Å²) in [4.78, 5) is 0. The molecule has 3 heteroatoms. The van der Waals surface area contributed by atoms with Gasteiger partial charge in [0.25, 0.3) is 0 Å². The zero-order valence-electron chi connectivity index (χ0n) is 4.07. The Hall–Kier alpha value is 0.210. The van der Waals surface area contributed by atoms with Crippen molar-refractivity contribution >= 4 is 11.9 Å². The van der Waals surface area contributed by atoms with E-state index in [1.807, 2.05) is 6.92 Å². The number of rotatable bonds is 1. The summed E-state index contributed by atoms with van der Waals surface area (Å²) in [7, 11) is 1.50. The van der Waals surface area contributed by atoms with Crippen LogP contribution in [0.15, 0.2) is 0 Å². The van der Waals surface area contributed by atoms with Gasteiger partial charge in [-0.25, -0.2) is 0 Å². The van der Waals surface area contributed by atoms with E-state index in [0.717, 1.165) is 0 Å². The fourth-order valence-corrected chi connectivity index (χ4v) is 0. The van der Waals surface area contributed by atoms with Crippen LogP contribution in [0.25, 0.3) is 0 Å². The molecule has 0 aromatic carbocycles. The van der Waals surface area contributed by atoms with Gasteiger partial charge in [0, 0.05) is 0 Å². The fourth-order valence-electron chi connectivity index (χ4n) is 0. The third-order valence-corrected chi connectivity index (χ3v) is 0.327. The molecule has 2 N–H and O–H groups in total. The largest absolute Gasteiger partial charge is 0.333 e. The van der Waals surface area contributed by atoms with Gasteiger partial charge in [0.05, 0.1) is 18.5 Å². The van der Waals surface area contributed by atoms with E-state index in [-0.39, 0.29) is 0 Å². The minimum absolute atomic E-state index is 0.585. The van der Waals surface area contributed by atoms with Gasteiger partial charge >= 0.3 is 0 Å². The number of halogens is 1. The lowest BCUT2D eigenvalue weighted by atomic mass is 10.9. The predicted molar refractivity (Wildman–Crippen MR) is 27.6 cm³/mol. The number of nitrogens with two attached hydrogens (primary N) is 1. The second-order valence-electron chi connectivity index (χ2n) is 0.398. The van der Waals surface area contributed by atoms with E-state index in [1.54, 1.807) is 0 Å². The number of hydrogen-bond acceptors (Lipinski definition) is 2. The average molecular weight is 112 g/mol. The Labute approximate surface area is 43.4 Å². The fraction of sp³-hybridized carbons (Fsp3) is 1.00. The van der Waals surface area contributed by atoms with Crippen LogP contribution in [0.1, 0.15) is 6.92 Å². The van der Waals surface area contributed by atoms with Crippen LogP contribution >= 0.6 is 11.9 Å². The van der Waals surface area contributed by atoms with Gasteiger partial charge in [0.1, 0.15) is 0 Å². The van der Waals surface area contributed by atoms with Crippen molar-refractivity contribution in [2.45, 2.75) is 6.92 Å². The van der Waals surface area contributed by atoms with Crippen molar-refractivity contribution in [3.63, 3.8) is 0 Å². The lowest BCUT2D eigenvalue weighted by Gasteiger charge is -1.70. The Kier molecular flexibility index (Phi) is 30.0. The minimum atomic E-state index is 0.585. The molecule has 0 bridgehead atoms. The summed E-state index contributed by atoms with van der Waals surface area (Å²) in [6.45, 7) is 2.41. The zero-order valence-corrected chi connectivity index (χ0v) is 4.83. The minimum Gasteiger partial charge on any atom is -0.333 e. The van der Waals surface area contributed by atoms with Crippen LogP contribution in [0.5, 0.6) is 0 Å². The molecule has 0 unspecified atom stereocenters. The standard InChI is InChI=1S/C2H5ClO.CH5N/c1-2-4-3;1-2/h2H2,1H3;2H2,1H3. The molecular formula is C3H10ClNO. The second-order valence-corrected chi connectivity index (χ2v) is 0.616. The summed E-state index contributed by atoms with van der Waals surface area (Å²) in [5.74, 6) is 0. The summed E-state index contributed by atoms with van der Waals surface area (Å²) >= 11 is 4.69. The van der Waals surface area contributed by atoms with E-state index in [0.29, 0.717) is 6.61 Å². The smallest absolute Gasteiger partial charge is 0.0654 e. The molecule has 0 amide bonds. The van der Waals surface area contributed by atoms with Crippen molar-refractivity contribution in [2.75, 3.05) is 13.7 Å². The van der Waals surface area contributed by atoms with Crippen LogP contribution < -0.4 is 5.73 Å². The van der Waals surface area contributed by atoms with Gasteiger partial charge in [-0.1, -0.05) is 0 Å². The summed E-state index contributed by atoms with van der Waals surface area (Å²) < 4.78 is 4.01. The maximum atomic E-state index is 4.69. The first-order valence-corrected chi connectivity index (χ1v) is 2.04. The van der Waals surface area contributed by atoms with E-state index >= 15 is 0 Å². The Morgan fingerprint density at radius 2 is 1.83 bits per heavy atom. The lowest BCUT2D eigenvalue weighted by molar-refractivity contribution is 0.378. The van der Waals surface area contributed by atoms with Crippen LogP contribution in [-0.2, 0) is 4.29 Å². The number of hydrogen-bond donors (Lipinski definition) is 1. The molecule has 0 rings (SSSR count). The van der Waals surface area contributed by atoms with Gasteiger partial charge in [-0.3, -0.25) is 4.29 Å². The second kappa shape index (κ2) is 18.9. The van der Waals surface area contributed by atoms with E-state index in [1.165, 1.54) is 7.05 Å². The van der Waals surface area contributed by atoms with Crippen molar-refractivity contribution in [2.24, 2.45) is 5.73 Å². The lowest BCUT2D eigenvalue weighted by Crippen LogP contribution is -1.69. The van der Waals surface area contributed by atoms with Crippen LogP contribution in [0.4, 0.5) is 0 Å². The highest BCUT2D eigenvalue weighted by molar-refractivity contribution is 6.07. The normalized spacial score (nSPS) is 6.00. The van der Waals surface area contributed by atoms with Gasteiger partial charge in [0.15, 0.2) is 0 Å². The van der Waals surface area contributed by atoms with Crippen molar-refractivity contribution in [3.05, 3.63) is 0 Å². The van der Waals surface area contributed by atoms with Crippen LogP contribution in [-0.4, -0.2) is 13.7 Å². The summed E-state index contributed by atoms with van der Waals surface area (Å²) in [5.41, 5.74) is 4.50. The Bertz CT molecular complexity index is 12.8. The van der Waals surface area contributed by atoms with E-state index in [9.17, 15) is 0 Å². The first-order chi connectivity index (χ1) is 2.91. The highest BCUT2D eigenvalue weighted by Gasteiger charge is 1.55. The molecule has 0 heterocycles. The Balaban J connectivity index is 0. The summed E-state index contributed by atoms with van der Waals surface area (Å²) in [6.07, 6.45) is 0. The molecule has 6 heavy (non-hydrogen) atoms. The van der Waals surface area contributed by atoms with Crippen molar-refractivity contribution in [3.8, 4) is 0 Å². The van der Waals surface area contributed by atoms with Crippen molar-refractivity contribution < 1.29 is 4.29 Å². The highest BCUT2D eigenvalue weighted by atomic mass is 35.5. The van der Waals surface area contributed by atoms with Gasteiger partial charge in [-0.05, 0) is 14.0 Å². The molecule has 0 aliphatic rings. The third-order valence-electron chi connectivity index (χ3n) is 0.109. The van der Waals surface area contributed by atoms with Gasteiger partial charge in [-0.2, -0.15) is 0 Å². The molecule has 0 saturated heterocycles. The van der Waals surface area contributed by atoms with Gasteiger partial charge < -0.3 is 5.73 Å². The molecule has 2 nitrogen and oxygen atoms in total. The zero-order chi connectivity index (χ0) is 5.41. The maximum Gasteiger partial charge on any atom is 0.0654 e. The Morgan fingerprint density at radius 1 is 1.67 bits per heavy atom. The topological polar surface area (TPSA) is 35.2 Å². The first kappa shape index (κ1) is 9.51. The molecule has 0 atom stereocenters. The summed E-state index contributed by atoms with van der Waals surface area (Å²) in [5, 5.41) is 0. The quantitative estimate of drug-likeness (QED) is 0.542. The summed E-state index contributed by atoms with van der Waals surface area (Å²) in [6, 6.07) is 0. The molecule has 0 aliphatic carbocycles. The van der Waals surface area contributed by atoms with E-state index in [2.05, 4.69) is 21.9 Å². The predicted octanol–water partition coefficient (Wildman–Crippen LogP) is 0.752. The van der Waals surface area contributed by atoms with Gasteiger partial charge in [-0.15, -0.1) is 0 Å².